The molecule has 1 saturated heterocycles. The number of carbonyl (C=O) groups excluding carboxylic acids is 1. The molecule has 150 valence electrons. The number of nitrogens with one attached hydrogen (secondary N) is 1. The van der Waals surface area contributed by atoms with E-state index in [9.17, 15) is 9.59 Å². The van der Waals surface area contributed by atoms with E-state index >= 15 is 0 Å². The van der Waals surface area contributed by atoms with Gasteiger partial charge in [0.15, 0.2) is 0 Å². The smallest absolute Gasteiger partial charge is 0.295 e. The summed E-state index contributed by atoms with van der Waals surface area (Å²) < 4.78 is 14.2. The van der Waals surface area contributed by atoms with Crippen LogP contribution in [0.1, 0.15) is 22.5 Å². The van der Waals surface area contributed by atoms with Crippen LogP contribution >= 0.6 is 0 Å². The highest BCUT2D eigenvalue weighted by atomic mass is 16.5. The monoisotopic (exact) mass is 394 g/mol. The van der Waals surface area contributed by atoms with E-state index in [4.69, 9.17) is 9.47 Å². The second kappa shape index (κ2) is 7.92. The molecule has 4 rings (SSSR count). The van der Waals surface area contributed by atoms with Gasteiger partial charge in [-0.25, -0.2) is 9.67 Å². The van der Waals surface area contributed by atoms with Gasteiger partial charge >= 0.3 is 0 Å². The summed E-state index contributed by atoms with van der Waals surface area (Å²) in [4.78, 5) is 29.8. The Morgan fingerprint density at radius 3 is 2.69 bits per heavy atom. The molecule has 2 aromatic heterocycles. The van der Waals surface area contributed by atoms with Crippen molar-refractivity contribution < 1.29 is 14.3 Å². The van der Waals surface area contributed by atoms with Gasteiger partial charge in [0.25, 0.3) is 11.5 Å². The zero-order valence-corrected chi connectivity index (χ0v) is 16.3. The van der Waals surface area contributed by atoms with Crippen LogP contribution in [-0.2, 0) is 11.8 Å². The summed E-state index contributed by atoms with van der Waals surface area (Å²) in [5, 5.41) is 2.72. The highest BCUT2D eigenvalue weighted by molar-refractivity contribution is 6.04. The molecule has 1 aliphatic heterocycles. The zero-order chi connectivity index (χ0) is 20.4. The van der Waals surface area contributed by atoms with E-state index < -0.39 is 5.91 Å². The topological polar surface area (TPSA) is 87.4 Å². The van der Waals surface area contributed by atoms with Gasteiger partial charge in [-0.3, -0.25) is 14.3 Å². The quantitative estimate of drug-likeness (QED) is 0.718. The molecule has 1 unspecified atom stereocenters. The van der Waals surface area contributed by atoms with E-state index in [0.717, 1.165) is 12.1 Å². The summed E-state index contributed by atoms with van der Waals surface area (Å²) in [7, 11) is 1.78. The molecule has 8 heteroatoms. The molecule has 0 radical (unpaired) electrons. The average molecular weight is 394 g/mol. The zero-order valence-electron chi connectivity index (χ0n) is 16.3. The number of rotatable bonds is 5. The number of para-hydroxylation sites is 1. The van der Waals surface area contributed by atoms with Crippen LogP contribution in [0.15, 0.2) is 53.5 Å². The Balaban J connectivity index is 1.53. The molecule has 1 aromatic carbocycles. The summed E-state index contributed by atoms with van der Waals surface area (Å²) in [5.41, 5.74) is 1.67. The molecule has 3 heterocycles. The number of carbonyl (C=O) groups is 1. The van der Waals surface area contributed by atoms with Crippen molar-refractivity contribution in [2.75, 3.05) is 18.5 Å². The van der Waals surface area contributed by atoms with Crippen molar-refractivity contribution in [1.82, 2.24) is 14.3 Å². The number of pyridine rings is 1. The van der Waals surface area contributed by atoms with Gasteiger partial charge in [0.2, 0.25) is 5.88 Å². The van der Waals surface area contributed by atoms with Crippen LogP contribution in [0, 0.1) is 6.92 Å². The fraction of sp³-hybridized carbons (Fsp3) is 0.286. The third kappa shape index (κ3) is 3.79. The first-order valence-electron chi connectivity index (χ1n) is 9.40. The molecule has 1 atom stereocenters. The van der Waals surface area contributed by atoms with E-state index in [0.29, 0.717) is 30.4 Å². The number of hydrogen-bond donors (Lipinski definition) is 1. The Labute approximate surface area is 167 Å². The fourth-order valence-electron chi connectivity index (χ4n) is 3.26. The lowest BCUT2D eigenvalue weighted by Crippen LogP contribution is -2.23. The van der Waals surface area contributed by atoms with Gasteiger partial charge in [0, 0.05) is 25.7 Å². The second-order valence-electron chi connectivity index (χ2n) is 6.88. The van der Waals surface area contributed by atoms with Gasteiger partial charge in [0.1, 0.15) is 11.8 Å². The Kier molecular flexibility index (Phi) is 5.18. The van der Waals surface area contributed by atoms with Crippen LogP contribution in [0.3, 0.4) is 0 Å². The molecule has 0 spiro atoms. The summed E-state index contributed by atoms with van der Waals surface area (Å²) in [6.07, 6.45) is 2.25. The van der Waals surface area contributed by atoms with Gasteiger partial charge in [-0.05, 0) is 25.1 Å². The minimum Gasteiger partial charge on any atom is -0.472 e. The fourth-order valence-corrected chi connectivity index (χ4v) is 3.26. The lowest BCUT2D eigenvalue weighted by Gasteiger charge is -2.10. The third-order valence-electron chi connectivity index (χ3n) is 4.97. The SMILES string of the molecule is Cc1c(NC(=O)c2ccc(OC3CCOC3)nc2)c(=O)n(-c2ccccc2)n1C. The molecule has 1 fully saturated rings. The van der Waals surface area contributed by atoms with Crippen molar-refractivity contribution in [3.8, 4) is 11.6 Å². The van der Waals surface area contributed by atoms with Crippen LogP contribution in [0.5, 0.6) is 5.88 Å². The number of benzene rings is 1. The Bertz CT molecular complexity index is 1060. The van der Waals surface area contributed by atoms with Gasteiger partial charge in [-0.1, -0.05) is 18.2 Å². The molecule has 3 aromatic rings. The lowest BCUT2D eigenvalue weighted by molar-refractivity contribution is 0.102. The van der Waals surface area contributed by atoms with Crippen LogP contribution in [-0.4, -0.2) is 39.6 Å². The standard InChI is InChI=1S/C21H22N4O4/c1-14-19(21(27)25(24(14)2)16-6-4-3-5-7-16)23-20(26)15-8-9-18(22-12-15)29-17-10-11-28-13-17/h3-9,12,17H,10-11,13H2,1-2H3,(H,23,26). The van der Waals surface area contributed by atoms with Crippen LogP contribution in [0.25, 0.3) is 5.69 Å². The van der Waals surface area contributed by atoms with Crippen molar-refractivity contribution in [3.05, 3.63) is 70.3 Å². The predicted octanol–water partition coefficient (Wildman–Crippen LogP) is 2.30. The second-order valence-corrected chi connectivity index (χ2v) is 6.88. The molecule has 1 amide bonds. The maximum absolute atomic E-state index is 12.9. The van der Waals surface area contributed by atoms with E-state index in [1.165, 1.54) is 10.9 Å². The summed E-state index contributed by atoms with van der Waals surface area (Å²) >= 11 is 0. The van der Waals surface area contributed by atoms with Gasteiger partial charge < -0.3 is 14.8 Å². The number of ether oxygens (including phenoxy) is 2. The highest BCUT2D eigenvalue weighted by Gasteiger charge is 2.20. The normalized spacial score (nSPS) is 16.0. The summed E-state index contributed by atoms with van der Waals surface area (Å²) in [6.45, 7) is 3.02. The molecule has 1 aliphatic rings. The molecule has 0 bridgehead atoms. The van der Waals surface area contributed by atoms with Crippen molar-refractivity contribution in [3.63, 3.8) is 0 Å². The molecule has 0 aliphatic carbocycles. The summed E-state index contributed by atoms with van der Waals surface area (Å²) in [6, 6.07) is 12.5. The molecule has 1 N–H and O–H groups in total. The first-order chi connectivity index (χ1) is 14.0. The van der Waals surface area contributed by atoms with Crippen molar-refractivity contribution in [1.29, 1.82) is 0 Å². The maximum Gasteiger partial charge on any atom is 0.295 e. The highest BCUT2D eigenvalue weighted by Crippen LogP contribution is 2.17. The number of hydrogen-bond acceptors (Lipinski definition) is 5. The molecule has 29 heavy (non-hydrogen) atoms. The minimum atomic E-state index is -0.403. The number of nitrogens with zero attached hydrogens (tertiary/aromatic N) is 3. The van der Waals surface area contributed by atoms with E-state index in [1.807, 2.05) is 30.3 Å². The molecular formula is C21H22N4O4. The van der Waals surface area contributed by atoms with Crippen molar-refractivity contribution in [2.24, 2.45) is 7.05 Å². The van der Waals surface area contributed by atoms with Gasteiger partial charge in [0.05, 0.1) is 30.2 Å². The number of aromatic nitrogens is 3. The van der Waals surface area contributed by atoms with E-state index in [-0.39, 0.29) is 17.4 Å². The summed E-state index contributed by atoms with van der Waals surface area (Å²) in [5.74, 6) is 0.0404. The van der Waals surface area contributed by atoms with Crippen molar-refractivity contribution in [2.45, 2.75) is 19.4 Å². The lowest BCUT2D eigenvalue weighted by atomic mass is 10.2. The van der Waals surface area contributed by atoms with Crippen LogP contribution in [0.2, 0.25) is 0 Å². The first kappa shape index (κ1) is 18.9. The number of anilines is 1. The van der Waals surface area contributed by atoms with Crippen molar-refractivity contribution >= 4 is 11.6 Å². The van der Waals surface area contributed by atoms with Crippen LogP contribution in [0.4, 0.5) is 5.69 Å². The predicted molar refractivity (Wildman–Crippen MR) is 108 cm³/mol. The third-order valence-corrected chi connectivity index (χ3v) is 4.97. The van der Waals surface area contributed by atoms with E-state index in [2.05, 4.69) is 10.3 Å². The maximum atomic E-state index is 12.9. The molecule has 0 saturated carbocycles. The Morgan fingerprint density at radius 1 is 1.24 bits per heavy atom. The first-order valence-corrected chi connectivity index (χ1v) is 9.40. The molecule has 8 nitrogen and oxygen atoms in total. The molecular weight excluding hydrogens is 372 g/mol. The average Bonchev–Trinajstić information content (AvgIpc) is 3.32. The Hall–Kier alpha value is -3.39. The minimum absolute atomic E-state index is 0.00870. The van der Waals surface area contributed by atoms with Gasteiger partial charge in [-0.15, -0.1) is 0 Å². The number of amides is 1. The van der Waals surface area contributed by atoms with Crippen LogP contribution < -0.4 is 15.6 Å². The van der Waals surface area contributed by atoms with E-state index in [1.54, 1.807) is 30.8 Å². The Morgan fingerprint density at radius 2 is 2.03 bits per heavy atom. The largest absolute Gasteiger partial charge is 0.472 e. The van der Waals surface area contributed by atoms with Gasteiger partial charge in [-0.2, -0.15) is 0 Å².